The third-order valence-corrected chi connectivity index (χ3v) is 6.02. The molecule has 1 unspecified atom stereocenters. The second kappa shape index (κ2) is 5.65. The number of hydrogen-bond donors (Lipinski definition) is 2. The monoisotopic (exact) mass is 311 g/mol. The molecular formula is C14H21N3O3S. The number of carbonyl (C=O) groups is 1. The van der Waals surface area contributed by atoms with Gasteiger partial charge in [-0.15, -0.1) is 0 Å². The number of hydrogen-bond acceptors (Lipinski definition) is 4. The molecule has 7 heteroatoms. The Kier molecular flexibility index (Phi) is 4.25. The topological polar surface area (TPSA) is 92.5 Å². The van der Waals surface area contributed by atoms with Crippen LogP contribution in [0.5, 0.6) is 0 Å². The second-order valence-electron chi connectivity index (χ2n) is 5.35. The molecule has 1 aromatic carbocycles. The van der Waals surface area contributed by atoms with Crippen LogP contribution in [0, 0.1) is 13.8 Å². The van der Waals surface area contributed by atoms with Crippen molar-refractivity contribution in [1.82, 2.24) is 9.62 Å². The van der Waals surface area contributed by atoms with Crippen molar-refractivity contribution in [3.05, 3.63) is 23.3 Å². The van der Waals surface area contributed by atoms with Crippen molar-refractivity contribution in [1.29, 1.82) is 0 Å². The van der Waals surface area contributed by atoms with Crippen LogP contribution in [-0.4, -0.2) is 38.3 Å². The number of nitrogen functional groups attached to an aromatic ring is 1. The predicted molar refractivity (Wildman–Crippen MR) is 81.3 cm³/mol. The zero-order valence-corrected chi connectivity index (χ0v) is 13.3. The lowest BCUT2D eigenvalue weighted by Crippen LogP contribution is -2.45. The fourth-order valence-electron chi connectivity index (χ4n) is 2.70. The van der Waals surface area contributed by atoms with Crippen LogP contribution in [0.3, 0.4) is 0 Å². The Morgan fingerprint density at radius 3 is 2.67 bits per heavy atom. The highest BCUT2D eigenvalue weighted by molar-refractivity contribution is 7.89. The number of nitrogens with zero attached hydrogens (tertiary/aromatic N) is 1. The molecule has 1 aliphatic heterocycles. The van der Waals surface area contributed by atoms with E-state index in [0.717, 1.165) is 5.56 Å². The van der Waals surface area contributed by atoms with Crippen LogP contribution >= 0.6 is 0 Å². The van der Waals surface area contributed by atoms with Crippen LogP contribution < -0.4 is 11.1 Å². The van der Waals surface area contributed by atoms with Crippen molar-refractivity contribution >= 4 is 21.6 Å². The summed E-state index contributed by atoms with van der Waals surface area (Å²) >= 11 is 0. The highest BCUT2D eigenvalue weighted by Gasteiger charge is 2.39. The normalized spacial score (nSPS) is 19.7. The summed E-state index contributed by atoms with van der Waals surface area (Å²) in [6, 6.07) is 2.58. The summed E-state index contributed by atoms with van der Waals surface area (Å²) in [5.41, 5.74) is 7.69. The largest absolute Gasteiger partial charge is 0.399 e. The lowest BCUT2D eigenvalue weighted by molar-refractivity contribution is -0.123. The Morgan fingerprint density at radius 2 is 2.05 bits per heavy atom. The molecule has 1 atom stereocenters. The average molecular weight is 311 g/mol. The number of sulfonamides is 1. The second-order valence-corrected chi connectivity index (χ2v) is 7.21. The Labute approximate surface area is 125 Å². The first-order valence-electron chi connectivity index (χ1n) is 6.89. The van der Waals surface area contributed by atoms with Gasteiger partial charge < -0.3 is 11.1 Å². The van der Waals surface area contributed by atoms with Crippen LogP contribution in [0.25, 0.3) is 0 Å². The number of amides is 1. The summed E-state index contributed by atoms with van der Waals surface area (Å²) < 4.78 is 27.0. The molecule has 1 amide bonds. The molecule has 0 bridgehead atoms. The third-order valence-electron chi connectivity index (χ3n) is 3.98. The molecule has 2 rings (SSSR count). The van der Waals surface area contributed by atoms with Gasteiger partial charge in [0, 0.05) is 19.3 Å². The first kappa shape index (κ1) is 15.8. The summed E-state index contributed by atoms with van der Waals surface area (Å²) in [6.07, 6.45) is 1.22. The van der Waals surface area contributed by atoms with E-state index in [9.17, 15) is 13.2 Å². The van der Waals surface area contributed by atoms with Crippen LogP contribution in [0.1, 0.15) is 24.0 Å². The molecule has 0 saturated carbocycles. The van der Waals surface area contributed by atoms with Crippen LogP contribution in [0.15, 0.2) is 17.0 Å². The van der Waals surface area contributed by atoms with Gasteiger partial charge in [0.25, 0.3) is 0 Å². The lowest BCUT2D eigenvalue weighted by Gasteiger charge is -2.24. The molecule has 1 aliphatic rings. The third kappa shape index (κ3) is 2.75. The summed E-state index contributed by atoms with van der Waals surface area (Å²) in [5.74, 6) is -0.269. The van der Waals surface area contributed by atoms with Crippen molar-refractivity contribution in [2.45, 2.75) is 37.6 Å². The van der Waals surface area contributed by atoms with Crippen molar-refractivity contribution in [3.8, 4) is 0 Å². The lowest BCUT2D eigenvalue weighted by atomic mass is 10.1. The van der Waals surface area contributed by atoms with Crippen molar-refractivity contribution in [2.75, 3.05) is 19.3 Å². The molecule has 1 aromatic rings. The first-order valence-corrected chi connectivity index (χ1v) is 8.33. The molecule has 0 aliphatic carbocycles. The van der Waals surface area contributed by atoms with Crippen LogP contribution in [0.2, 0.25) is 0 Å². The Balaban J connectivity index is 2.50. The summed E-state index contributed by atoms with van der Waals surface area (Å²) in [6.45, 7) is 3.94. The van der Waals surface area contributed by atoms with Gasteiger partial charge in [-0.1, -0.05) is 0 Å². The van der Waals surface area contributed by atoms with Crippen LogP contribution in [-0.2, 0) is 14.8 Å². The predicted octanol–water partition coefficient (Wildman–Crippen LogP) is 0.785. The van der Waals surface area contributed by atoms with Gasteiger partial charge in [0.15, 0.2) is 0 Å². The molecule has 0 radical (unpaired) electrons. The minimum absolute atomic E-state index is 0.191. The zero-order valence-electron chi connectivity index (χ0n) is 12.5. The minimum atomic E-state index is -3.73. The van der Waals surface area contributed by atoms with Gasteiger partial charge in [-0.05, 0) is 49.9 Å². The van der Waals surface area contributed by atoms with Gasteiger partial charge in [-0.25, -0.2) is 8.42 Å². The molecule has 6 nitrogen and oxygen atoms in total. The SMILES string of the molecule is CNC(=O)C1CCCN1S(=O)(=O)c1cc(N)cc(C)c1C. The number of likely N-dealkylation sites (N-methyl/N-ethyl adjacent to an activating group) is 1. The maximum absolute atomic E-state index is 12.9. The van der Waals surface area contributed by atoms with Gasteiger partial charge in [-0.3, -0.25) is 4.79 Å². The number of rotatable bonds is 3. The summed E-state index contributed by atoms with van der Waals surface area (Å²) in [4.78, 5) is 12.1. The maximum atomic E-state index is 12.9. The quantitative estimate of drug-likeness (QED) is 0.807. The summed E-state index contributed by atoms with van der Waals surface area (Å²) in [7, 11) is -2.21. The van der Waals surface area contributed by atoms with Gasteiger partial charge in [0.2, 0.25) is 15.9 Å². The molecule has 1 saturated heterocycles. The van der Waals surface area contributed by atoms with Gasteiger partial charge >= 0.3 is 0 Å². The molecule has 0 spiro atoms. The van der Waals surface area contributed by atoms with Crippen molar-refractivity contribution in [3.63, 3.8) is 0 Å². The van der Waals surface area contributed by atoms with E-state index in [4.69, 9.17) is 5.73 Å². The van der Waals surface area contributed by atoms with E-state index in [1.165, 1.54) is 17.4 Å². The van der Waals surface area contributed by atoms with E-state index in [2.05, 4.69) is 5.32 Å². The smallest absolute Gasteiger partial charge is 0.244 e. The number of anilines is 1. The molecule has 0 aromatic heterocycles. The Morgan fingerprint density at radius 1 is 1.38 bits per heavy atom. The molecule has 21 heavy (non-hydrogen) atoms. The van der Waals surface area contributed by atoms with Crippen LogP contribution in [0.4, 0.5) is 5.69 Å². The molecular weight excluding hydrogens is 290 g/mol. The zero-order chi connectivity index (χ0) is 15.8. The van der Waals surface area contributed by atoms with Gasteiger partial charge in [0.1, 0.15) is 6.04 Å². The number of carbonyl (C=O) groups excluding carboxylic acids is 1. The average Bonchev–Trinajstić information content (AvgIpc) is 2.91. The molecule has 1 heterocycles. The number of benzene rings is 1. The Bertz CT molecular complexity index is 670. The highest BCUT2D eigenvalue weighted by atomic mass is 32.2. The van der Waals surface area contributed by atoms with Crippen molar-refractivity contribution < 1.29 is 13.2 Å². The number of nitrogens with two attached hydrogens (primary N) is 1. The summed E-state index contributed by atoms with van der Waals surface area (Å²) in [5, 5.41) is 2.53. The minimum Gasteiger partial charge on any atom is -0.399 e. The van der Waals surface area contributed by atoms with E-state index in [1.807, 2.05) is 6.92 Å². The molecule has 1 fully saturated rings. The van der Waals surface area contributed by atoms with E-state index < -0.39 is 16.1 Å². The first-order chi connectivity index (χ1) is 9.78. The fourth-order valence-corrected chi connectivity index (χ4v) is 4.70. The standard InChI is InChI=1S/C14H21N3O3S/c1-9-7-11(15)8-13(10(9)2)21(19,20)17-6-4-5-12(17)14(18)16-3/h7-8,12H,4-6,15H2,1-3H3,(H,16,18). The maximum Gasteiger partial charge on any atom is 0.244 e. The fraction of sp³-hybridized carbons (Fsp3) is 0.500. The van der Waals surface area contributed by atoms with E-state index in [0.29, 0.717) is 30.6 Å². The molecule has 3 N–H and O–H groups in total. The highest BCUT2D eigenvalue weighted by Crippen LogP contribution is 2.30. The number of nitrogens with one attached hydrogen (secondary N) is 1. The van der Waals surface area contributed by atoms with E-state index in [1.54, 1.807) is 13.0 Å². The molecule has 116 valence electrons. The van der Waals surface area contributed by atoms with E-state index >= 15 is 0 Å². The number of aryl methyl sites for hydroxylation is 1. The Hall–Kier alpha value is -1.60. The van der Waals surface area contributed by atoms with E-state index in [-0.39, 0.29) is 10.8 Å². The van der Waals surface area contributed by atoms with Crippen molar-refractivity contribution in [2.24, 2.45) is 0 Å². The van der Waals surface area contributed by atoms with Gasteiger partial charge in [-0.2, -0.15) is 4.31 Å². The van der Waals surface area contributed by atoms with Gasteiger partial charge in [0.05, 0.1) is 4.90 Å².